The summed E-state index contributed by atoms with van der Waals surface area (Å²) in [5, 5.41) is 0. The molecule has 1 nitrogen and oxygen atoms in total. The summed E-state index contributed by atoms with van der Waals surface area (Å²) in [6.45, 7) is 0. The average Bonchev–Trinajstić information content (AvgIpc) is 2.82. The lowest BCUT2D eigenvalue weighted by Gasteiger charge is -2.00. The van der Waals surface area contributed by atoms with Gasteiger partial charge >= 0.3 is 0 Å². The van der Waals surface area contributed by atoms with Gasteiger partial charge in [-0.15, -0.1) is 0 Å². The number of rotatable bonds is 2. The van der Waals surface area contributed by atoms with Crippen LogP contribution >= 0.6 is 0 Å². The first-order valence-electron chi connectivity index (χ1n) is 4.32. The van der Waals surface area contributed by atoms with Crippen LogP contribution in [0.2, 0.25) is 0 Å². The summed E-state index contributed by atoms with van der Waals surface area (Å²) in [5.41, 5.74) is 7.16. The Labute approximate surface area is 75.6 Å². The van der Waals surface area contributed by atoms with Crippen molar-refractivity contribution in [3.8, 4) is 0 Å². The Morgan fingerprint density at radius 3 is 2.69 bits per heavy atom. The fraction of sp³-hybridized carbons (Fsp3) is 0.400. The van der Waals surface area contributed by atoms with Crippen LogP contribution in [0, 0.1) is 5.92 Å². The van der Waals surface area contributed by atoms with Gasteiger partial charge in [-0.2, -0.15) is 0 Å². The molecule has 1 saturated carbocycles. The summed E-state index contributed by atoms with van der Waals surface area (Å²) in [5.74, 6) is -0.412. The smallest absolute Gasteiger partial charge is 0.242 e. The van der Waals surface area contributed by atoms with Crippen molar-refractivity contribution in [3.63, 3.8) is 0 Å². The zero-order valence-electron chi connectivity index (χ0n) is 7.08. The molecule has 2 N–H and O–H groups in total. The van der Waals surface area contributed by atoms with Crippen molar-refractivity contribution in [2.45, 2.75) is 18.8 Å². The predicted molar refractivity (Wildman–Crippen MR) is 47.7 cm³/mol. The van der Waals surface area contributed by atoms with Crippen molar-refractivity contribution in [3.05, 3.63) is 29.8 Å². The van der Waals surface area contributed by atoms with Crippen LogP contribution in [0.25, 0.3) is 0 Å². The number of nitrogens with two attached hydrogens (primary N) is 1. The van der Waals surface area contributed by atoms with Crippen LogP contribution in [0.5, 0.6) is 0 Å². The van der Waals surface area contributed by atoms with Gasteiger partial charge in [-0.3, -0.25) is 0 Å². The van der Waals surface area contributed by atoms with Crippen LogP contribution in [-0.2, 0) is 0 Å². The zero-order chi connectivity index (χ0) is 9.42. The molecule has 2 unspecified atom stereocenters. The Morgan fingerprint density at radius 1 is 1.38 bits per heavy atom. The van der Waals surface area contributed by atoms with Crippen molar-refractivity contribution in [2.75, 3.05) is 5.73 Å². The molecule has 70 valence electrons. The van der Waals surface area contributed by atoms with E-state index in [2.05, 4.69) is 0 Å². The SMILES string of the molecule is Nc1cccc(C2CC2C(F)F)c1. The average molecular weight is 183 g/mol. The fourth-order valence-electron chi connectivity index (χ4n) is 1.67. The lowest BCUT2D eigenvalue weighted by atomic mass is 10.1. The minimum atomic E-state index is -2.19. The molecule has 0 bridgehead atoms. The summed E-state index contributed by atoms with van der Waals surface area (Å²) in [6, 6.07) is 7.23. The van der Waals surface area contributed by atoms with Gasteiger partial charge in [0.1, 0.15) is 0 Å². The fourth-order valence-corrected chi connectivity index (χ4v) is 1.67. The maximum Gasteiger partial charge on any atom is 0.242 e. The van der Waals surface area contributed by atoms with Gasteiger partial charge in [0.2, 0.25) is 6.43 Å². The number of nitrogen functional groups attached to an aromatic ring is 1. The minimum Gasteiger partial charge on any atom is -0.399 e. The van der Waals surface area contributed by atoms with E-state index in [0.29, 0.717) is 12.1 Å². The molecule has 1 fully saturated rings. The number of hydrogen-bond donors (Lipinski definition) is 1. The number of alkyl halides is 2. The second kappa shape index (κ2) is 2.98. The van der Waals surface area contributed by atoms with Crippen molar-refractivity contribution in [1.29, 1.82) is 0 Å². The molecule has 1 aliphatic carbocycles. The van der Waals surface area contributed by atoms with Crippen LogP contribution < -0.4 is 5.73 Å². The Kier molecular flexibility index (Phi) is 1.94. The first kappa shape index (κ1) is 8.48. The van der Waals surface area contributed by atoms with E-state index in [1.54, 1.807) is 12.1 Å². The number of benzene rings is 1. The van der Waals surface area contributed by atoms with Crippen LogP contribution in [0.4, 0.5) is 14.5 Å². The molecule has 0 amide bonds. The van der Waals surface area contributed by atoms with E-state index in [1.807, 2.05) is 12.1 Å². The van der Waals surface area contributed by atoms with Crippen LogP contribution in [-0.4, -0.2) is 6.43 Å². The molecule has 0 heterocycles. The highest BCUT2D eigenvalue weighted by atomic mass is 19.3. The van der Waals surface area contributed by atoms with E-state index in [4.69, 9.17) is 5.73 Å². The second-order valence-corrected chi connectivity index (χ2v) is 3.51. The monoisotopic (exact) mass is 183 g/mol. The van der Waals surface area contributed by atoms with Crippen molar-refractivity contribution in [1.82, 2.24) is 0 Å². The van der Waals surface area contributed by atoms with Gasteiger partial charge in [-0.05, 0) is 30.0 Å². The van der Waals surface area contributed by atoms with E-state index in [1.165, 1.54) is 0 Å². The van der Waals surface area contributed by atoms with Crippen LogP contribution in [0.1, 0.15) is 17.9 Å². The molecule has 0 radical (unpaired) electrons. The molecular formula is C10H11F2N. The maximum absolute atomic E-state index is 12.2. The molecule has 0 spiro atoms. The molecule has 13 heavy (non-hydrogen) atoms. The minimum absolute atomic E-state index is 0.0310. The Balaban J connectivity index is 2.12. The molecule has 2 rings (SSSR count). The summed E-state index contributed by atoms with van der Waals surface area (Å²) < 4.78 is 24.4. The molecular weight excluding hydrogens is 172 g/mol. The molecule has 0 aromatic heterocycles. The Hall–Kier alpha value is -1.12. The predicted octanol–water partition coefficient (Wildman–Crippen LogP) is 2.64. The van der Waals surface area contributed by atoms with Gasteiger partial charge in [0.05, 0.1) is 0 Å². The van der Waals surface area contributed by atoms with E-state index in [9.17, 15) is 8.78 Å². The molecule has 1 aliphatic rings. The first-order chi connectivity index (χ1) is 6.18. The van der Waals surface area contributed by atoms with E-state index < -0.39 is 12.3 Å². The molecule has 2 atom stereocenters. The topological polar surface area (TPSA) is 26.0 Å². The second-order valence-electron chi connectivity index (χ2n) is 3.51. The summed E-state index contributed by atoms with van der Waals surface area (Å²) in [4.78, 5) is 0. The zero-order valence-corrected chi connectivity index (χ0v) is 7.08. The van der Waals surface area contributed by atoms with Gasteiger partial charge in [0.15, 0.2) is 0 Å². The highest BCUT2D eigenvalue weighted by Gasteiger charge is 2.44. The molecule has 1 aromatic rings. The Morgan fingerprint density at radius 2 is 2.15 bits per heavy atom. The highest BCUT2D eigenvalue weighted by molar-refractivity contribution is 5.43. The standard InChI is InChI=1S/C10H11F2N/c11-10(12)9-5-8(9)6-2-1-3-7(13)4-6/h1-4,8-10H,5,13H2. The van der Waals surface area contributed by atoms with Crippen LogP contribution in [0.15, 0.2) is 24.3 Å². The van der Waals surface area contributed by atoms with Gasteiger partial charge in [-0.1, -0.05) is 12.1 Å². The van der Waals surface area contributed by atoms with Gasteiger partial charge in [0.25, 0.3) is 0 Å². The first-order valence-corrected chi connectivity index (χ1v) is 4.32. The van der Waals surface area contributed by atoms with Crippen molar-refractivity contribution >= 4 is 5.69 Å². The molecule has 0 aliphatic heterocycles. The largest absolute Gasteiger partial charge is 0.399 e. The summed E-state index contributed by atoms with van der Waals surface area (Å²) in [7, 11) is 0. The number of halogens is 2. The summed E-state index contributed by atoms with van der Waals surface area (Å²) in [6.07, 6.45) is -1.59. The van der Waals surface area contributed by atoms with Crippen molar-refractivity contribution in [2.24, 2.45) is 5.92 Å². The number of anilines is 1. The quantitative estimate of drug-likeness (QED) is 0.701. The summed E-state index contributed by atoms with van der Waals surface area (Å²) >= 11 is 0. The molecule has 0 saturated heterocycles. The Bertz CT molecular complexity index is 312. The maximum atomic E-state index is 12.2. The van der Waals surface area contributed by atoms with E-state index in [-0.39, 0.29) is 5.92 Å². The lowest BCUT2D eigenvalue weighted by Crippen LogP contribution is -1.95. The number of hydrogen-bond acceptors (Lipinski definition) is 1. The van der Waals surface area contributed by atoms with Gasteiger partial charge < -0.3 is 5.73 Å². The molecule has 3 heteroatoms. The van der Waals surface area contributed by atoms with Crippen LogP contribution in [0.3, 0.4) is 0 Å². The van der Waals surface area contributed by atoms with Crippen molar-refractivity contribution < 1.29 is 8.78 Å². The normalized spacial score (nSPS) is 26.4. The van der Waals surface area contributed by atoms with E-state index in [0.717, 1.165) is 5.56 Å². The highest BCUT2D eigenvalue weighted by Crippen LogP contribution is 2.50. The van der Waals surface area contributed by atoms with E-state index >= 15 is 0 Å². The molecule has 1 aromatic carbocycles. The third-order valence-electron chi connectivity index (χ3n) is 2.50. The lowest BCUT2D eigenvalue weighted by molar-refractivity contribution is 0.120. The van der Waals surface area contributed by atoms with Gasteiger partial charge in [-0.25, -0.2) is 8.78 Å². The third-order valence-corrected chi connectivity index (χ3v) is 2.50. The van der Waals surface area contributed by atoms with Gasteiger partial charge in [0, 0.05) is 11.6 Å². The third kappa shape index (κ3) is 1.64.